The fourth-order valence-corrected chi connectivity index (χ4v) is 2.38. The highest BCUT2D eigenvalue weighted by molar-refractivity contribution is 5.79. The normalized spacial score (nSPS) is 20.8. The first-order valence-electron chi connectivity index (χ1n) is 8.02. The SMILES string of the molecule is CC.CC1CC(=O)N(C)C1.CO.O=NCC1CCC(=O)CC1. The van der Waals surface area contributed by atoms with Gasteiger partial charge >= 0.3 is 0 Å². The molecule has 1 saturated carbocycles. The Bertz CT molecular complexity index is 311. The molecule has 0 spiro atoms. The smallest absolute Gasteiger partial charge is 0.222 e. The molecule has 1 unspecified atom stereocenters. The lowest BCUT2D eigenvalue weighted by molar-refractivity contribution is -0.126. The Hall–Kier alpha value is -1.30. The van der Waals surface area contributed by atoms with Crippen molar-refractivity contribution in [2.24, 2.45) is 17.0 Å². The molecule has 0 bridgehead atoms. The molecule has 0 aromatic rings. The number of carbonyl (C=O) groups is 2. The molecule has 2 aliphatic rings. The third-order valence-corrected chi connectivity index (χ3v) is 3.53. The standard InChI is InChI=1S/C7H11NO2.C6H11NO.C2H6.CH4O/c9-7-3-1-6(2-4-7)5-8-10;1-5-3-6(8)7(2)4-5;2*1-2/h6H,1-5H2;5H,3-4H2,1-2H3;1-2H3;2H,1H3. The van der Waals surface area contributed by atoms with E-state index in [0.29, 0.717) is 37.0 Å². The Kier molecular flexibility index (Phi) is 15.3. The highest BCUT2D eigenvalue weighted by Crippen LogP contribution is 2.21. The summed E-state index contributed by atoms with van der Waals surface area (Å²) >= 11 is 0. The maximum absolute atomic E-state index is 10.7. The molecule has 0 aromatic heterocycles. The molecule has 0 radical (unpaired) electrons. The zero-order chi connectivity index (χ0) is 17.5. The highest BCUT2D eigenvalue weighted by Gasteiger charge is 2.22. The summed E-state index contributed by atoms with van der Waals surface area (Å²) in [6, 6.07) is 0. The van der Waals surface area contributed by atoms with Gasteiger partial charge in [0.1, 0.15) is 5.78 Å². The quantitative estimate of drug-likeness (QED) is 0.793. The summed E-state index contributed by atoms with van der Waals surface area (Å²) in [5, 5.41) is 9.82. The van der Waals surface area contributed by atoms with E-state index in [2.05, 4.69) is 12.1 Å². The number of amides is 1. The van der Waals surface area contributed by atoms with Crippen LogP contribution in [0.5, 0.6) is 0 Å². The highest BCUT2D eigenvalue weighted by atomic mass is 16.3. The van der Waals surface area contributed by atoms with Crippen LogP contribution in [0.2, 0.25) is 0 Å². The Labute approximate surface area is 134 Å². The molecule has 2 fully saturated rings. The Balaban J connectivity index is 0. The molecule has 1 N–H and O–H groups in total. The summed E-state index contributed by atoms with van der Waals surface area (Å²) in [7, 11) is 2.85. The lowest BCUT2D eigenvalue weighted by atomic mass is 9.89. The van der Waals surface area contributed by atoms with Crippen molar-refractivity contribution in [3.8, 4) is 0 Å². The Morgan fingerprint density at radius 2 is 1.68 bits per heavy atom. The maximum atomic E-state index is 10.7. The second-order valence-corrected chi connectivity index (χ2v) is 5.38. The third kappa shape index (κ3) is 10.4. The van der Waals surface area contributed by atoms with Gasteiger partial charge in [0.05, 0.1) is 6.54 Å². The van der Waals surface area contributed by atoms with E-state index in [1.807, 2.05) is 20.9 Å². The first-order valence-corrected chi connectivity index (χ1v) is 8.02. The van der Waals surface area contributed by atoms with Gasteiger partial charge in [0.2, 0.25) is 5.91 Å². The summed E-state index contributed by atoms with van der Waals surface area (Å²) in [6.45, 7) is 7.44. The van der Waals surface area contributed by atoms with Gasteiger partial charge in [-0.05, 0) is 24.7 Å². The van der Waals surface area contributed by atoms with Crippen molar-refractivity contribution < 1.29 is 14.7 Å². The lowest BCUT2D eigenvalue weighted by Gasteiger charge is -2.16. The molecular weight excluding hydrogens is 284 g/mol. The van der Waals surface area contributed by atoms with Crippen molar-refractivity contribution in [3.63, 3.8) is 0 Å². The van der Waals surface area contributed by atoms with E-state index in [1.165, 1.54) is 0 Å². The van der Waals surface area contributed by atoms with E-state index in [0.717, 1.165) is 32.9 Å². The molecular formula is C16H32N2O4. The fourth-order valence-electron chi connectivity index (χ4n) is 2.38. The largest absolute Gasteiger partial charge is 0.400 e. The number of hydrogen-bond acceptors (Lipinski definition) is 5. The minimum Gasteiger partial charge on any atom is -0.400 e. The molecule has 0 aromatic carbocycles. The predicted molar refractivity (Wildman–Crippen MR) is 88.5 cm³/mol. The topological polar surface area (TPSA) is 87.0 Å². The molecule has 1 heterocycles. The first-order chi connectivity index (χ1) is 10.5. The zero-order valence-corrected chi connectivity index (χ0v) is 14.7. The minimum atomic E-state index is 0.289. The summed E-state index contributed by atoms with van der Waals surface area (Å²) in [6.07, 6.45) is 3.78. The number of nitroso groups, excluding NO2 is 1. The summed E-state index contributed by atoms with van der Waals surface area (Å²) in [5.41, 5.74) is 0. The van der Waals surface area contributed by atoms with E-state index in [1.54, 1.807) is 4.90 Å². The summed E-state index contributed by atoms with van der Waals surface area (Å²) < 4.78 is 0. The zero-order valence-electron chi connectivity index (χ0n) is 14.7. The van der Waals surface area contributed by atoms with Crippen molar-refractivity contribution in [1.82, 2.24) is 4.90 Å². The number of aliphatic hydroxyl groups excluding tert-OH is 1. The van der Waals surface area contributed by atoms with Gasteiger partial charge in [0, 0.05) is 40.0 Å². The minimum absolute atomic E-state index is 0.289. The first kappa shape index (κ1) is 23.0. The number of ketones is 1. The maximum Gasteiger partial charge on any atom is 0.222 e. The van der Waals surface area contributed by atoms with E-state index < -0.39 is 0 Å². The summed E-state index contributed by atoms with van der Waals surface area (Å²) in [4.78, 5) is 33.0. The Morgan fingerprint density at radius 3 is 1.95 bits per heavy atom. The number of hydrogen-bond donors (Lipinski definition) is 1. The fraction of sp³-hybridized carbons (Fsp3) is 0.875. The third-order valence-electron chi connectivity index (χ3n) is 3.53. The second-order valence-electron chi connectivity index (χ2n) is 5.38. The van der Waals surface area contributed by atoms with Crippen molar-refractivity contribution in [2.75, 3.05) is 27.2 Å². The van der Waals surface area contributed by atoms with E-state index in [9.17, 15) is 14.5 Å². The number of aliphatic hydroxyl groups is 1. The van der Waals surface area contributed by atoms with Gasteiger partial charge < -0.3 is 10.0 Å². The summed E-state index contributed by atoms with van der Waals surface area (Å²) in [5.74, 6) is 1.59. The van der Waals surface area contributed by atoms with Crippen LogP contribution in [-0.4, -0.2) is 48.9 Å². The molecule has 2 rings (SSSR count). The van der Waals surface area contributed by atoms with Crippen LogP contribution < -0.4 is 0 Å². The monoisotopic (exact) mass is 316 g/mol. The van der Waals surface area contributed by atoms with Crippen LogP contribution in [0.4, 0.5) is 0 Å². The molecule has 6 heteroatoms. The van der Waals surface area contributed by atoms with Gasteiger partial charge in [-0.3, -0.25) is 9.59 Å². The van der Waals surface area contributed by atoms with Crippen LogP contribution >= 0.6 is 0 Å². The van der Waals surface area contributed by atoms with Crippen molar-refractivity contribution >= 4 is 11.7 Å². The lowest BCUT2D eigenvalue weighted by Crippen LogP contribution is -2.18. The van der Waals surface area contributed by atoms with Crippen molar-refractivity contribution in [2.45, 2.75) is 52.9 Å². The Morgan fingerprint density at radius 1 is 1.18 bits per heavy atom. The molecule has 1 aliphatic heterocycles. The molecule has 6 nitrogen and oxygen atoms in total. The number of carbonyl (C=O) groups excluding carboxylic acids is 2. The second kappa shape index (κ2) is 14.6. The van der Waals surface area contributed by atoms with Crippen LogP contribution in [0.15, 0.2) is 5.18 Å². The van der Waals surface area contributed by atoms with Gasteiger partial charge in [0.25, 0.3) is 0 Å². The van der Waals surface area contributed by atoms with E-state index >= 15 is 0 Å². The van der Waals surface area contributed by atoms with Gasteiger partial charge in [-0.2, -0.15) is 4.91 Å². The van der Waals surface area contributed by atoms with Gasteiger partial charge in [-0.1, -0.05) is 25.9 Å². The molecule has 1 atom stereocenters. The molecule has 1 saturated heterocycles. The average molecular weight is 316 g/mol. The van der Waals surface area contributed by atoms with Crippen LogP contribution in [0, 0.1) is 16.7 Å². The molecule has 22 heavy (non-hydrogen) atoms. The van der Waals surface area contributed by atoms with Gasteiger partial charge in [-0.15, -0.1) is 0 Å². The van der Waals surface area contributed by atoms with Crippen LogP contribution in [0.25, 0.3) is 0 Å². The van der Waals surface area contributed by atoms with E-state index in [4.69, 9.17) is 5.11 Å². The predicted octanol–water partition coefficient (Wildman–Crippen LogP) is 2.63. The van der Waals surface area contributed by atoms with E-state index in [-0.39, 0.29) is 5.91 Å². The van der Waals surface area contributed by atoms with Crippen molar-refractivity contribution in [3.05, 3.63) is 4.91 Å². The van der Waals surface area contributed by atoms with Crippen molar-refractivity contribution in [1.29, 1.82) is 0 Å². The van der Waals surface area contributed by atoms with Crippen LogP contribution in [-0.2, 0) is 9.59 Å². The van der Waals surface area contributed by atoms with Crippen LogP contribution in [0.3, 0.4) is 0 Å². The van der Waals surface area contributed by atoms with Crippen LogP contribution in [0.1, 0.15) is 52.9 Å². The number of likely N-dealkylation sites (tertiary alicyclic amines) is 1. The van der Waals surface area contributed by atoms with Gasteiger partial charge in [0.15, 0.2) is 0 Å². The molecule has 130 valence electrons. The van der Waals surface area contributed by atoms with Gasteiger partial charge in [-0.25, -0.2) is 0 Å². The molecule has 1 aliphatic carbocycles. The number of Topliss-reactive ketones (excluding diaryl/α,β-unsaturated/α-hetero) is 1. The average Bonchev–Trinajstić information content (AvgIpc) is 2.83. The number of rotatable bonds is 2. The molecule has 1 amide bonds. The number of nitrogens with zero attached hydrogens (tertiary/aromatic N) is 2.